The number of rotatable bonds is 15. The van der Waals surface area contributed by atoms with Crippen LogP contribution in [-0.4, -0.2) is 107 Å². The molecule has 47 heavy (non-hydrogen) atoms. The Morgan fingerprint density at radius 2 is 2.04 bits per heavy atom. The molecule has 3 atom stereocenters. The van der Waals surface area contributed by atoms with Crippen LogP contribution in [0.2, 0.25) is 0 Å². The quantitative estimate of drug-likeness (QED) is 0.0705. The summed E-state index contributed by atoms with van der Waals surface area (Å²) in [6.45, 7) is 5.03. The van der Waals surface area contributed by atoms with Crippen molar-refractivity contribution in [3.63, 3.8) is 0 Å². The molecule has 2 saturated heterocycles. The van der Waals surface area contributed by atoms with E-state index in [1.807, 2.05) is 12.1 Å². The van der Waals surface area contributed by atoms with Crippen LogP contribution in [0.25, 0.3) is 10.8 Å². The van der Waals surface area contributed by atoms with Crippen LogP contribution in [0.3, 0.4) is 0 Å². The number of nitrogens with zero attached hydrogens (tertiary/aromatic N) is 4. The maximum Gasteiger partial charge on any atom is 0.418 e. The lowest BCUT2D eigenvalue weighted by Crippen LogP contribution is -2.76. The van der Waals surface area contributed by atoms with E-state index in [1.165, 1.54) is 26.3 Å². The molecule has 2 amide bonds. The fourth-order valence-electron chi connectivity index (χ4n) is 5.05. The second kappa shape index (κ2) is 13.5. The Morgan fingerprint density at radius 3 is 2.64 bits per heavy atom. The van der Waals surface area contributed by atoms with E-state index in [0.29, 0.717) is 16.7 Å². The van der Waals surface area contributed by atoms with Crippen LogP contribution in [0.4, 0.5) is 10.9 Å². The predicted octanol–water partition coefficient (Wildman–Crippen LogP) is 0.182. The Kier molecular flexibility index (Phi) is 9.82. The molecule has 0 bridgehead atoms. The summed E-state index contributed by atoms with van der Waals surface area (Å²) in [5, 5.41) is 23.6. The molecule has 2 aromatic heterocycles. The number of hydroxylamine groups is 4. The third-order valence-electron chi connectivity index (χ3n) is 7.69. The zero-order valence-corrected chi connectivity index (χ0v) is 27.1. The minimum Gasteiger partial charge on any atom is -0.490 e. The monoisotopic (exact) mass is 694 g/mol. The van der Waals surface area contributed by atoms with Gasteiger partial charge in [-0.05, 0) is 43.5 Å². The number of benzene rings is 1. The van der Waals surface area contributed by atoms with Crippen LogP contribution in [0.5, 0.6) is 5.75 Å². The van der Waals surface area contributed by atoms with Crippen molar-refractivity contribution in [3.8, 4) is 5.75 Å². The predicted molar refractivity (Wildman–Crippen MR) is 167 cm³/mol. The van der Waals surface area contributed by atoms with Gasteiger partial charge in [0.1, 0.15) is 24.2 Å². The summed E-state index contributed by atoms with van der Waals surface area (Å²) in [4.78, 5) is 52.6. The number of likely N-dealkylation sites (N-methyl/N-ethyl adjacent to an activating group) is 1. The molecular weight excluding hydrogens is 660 g/mol. The molecule has 0 saturated carbocycles. The Bertz CT molecular complexity index is 1770. The third-order valence-corrected chi connectivity index (χ3v) is 8.72. The molecule has 0 spiro atoms. The summed E-state index contributed by atoms with van der Waals surface area (Å²) < 4.78 is 41.4. The number of thiazole rings is 1. The average Bonchev–Trinajstić information content (AvgIpc) is 3.40. The number of aromatic nitrogens is 2. The summed E-state index contributed by atoms with van der Waals surface area (Å²) in [7, 11) is -3.71. The maximum absolute atomic E-state index is 13.5. The van der Waals surface area contributed by atoms with Gasteiger partial charge in [-0.25, -0.2) is 14.8 Å². The largest absolute Gasteiger partial charge is 0.490 e. The van der Waals surface area contributed by atoms with E-state index in [4.69, 9.17) is 19.9 Å². The number of pyridine rings is 1. The van der Waals surface area contributed by atoms with Gasteiger partial charge in [0, 0.05) is 49.6 Å². The first kappa shape index (κ1) is 34.2. The first-order valence-corrected chi connectivity index (χ1v) is 16.5. The second-order valence-corrected chi connectivity index (χ2v) is 13.4. The maximum atomic E-state index is 13.5. The molecule has 1 unspecified atom stereocenters. The minimum atomic E-state index is -5.01. The number of carbonyl (C=O) groups is 3. The van der Waals surface area contributed by atoms with Crippen LogP contribution in [-0.2, 0) is 33.9 Å². The molecule has 0 aliphatic carbocycles. The van der Waals surface area contributed by atoms with Crippen molar-refractivity contribution >= 4 is 61.2 Å². The van der Waals surface area contributed by atoms with E-state index >= 15 is 0 Å². The van der Waals surface area contributed by atoms with Crippen molar-refractivity contribution in [1.29, 1.82) is 0 Å². The number of carboxylic acid groups (broad SMARTS) is 1. The van der Waals surface area contributed by atoms with Crippen LogP contribution in [0.15, 0.2) is 35.8 Å². The van der Waals surface area contributed by atoms with E-state index in [9.17, 15) is 27.9 Å². The number of aliphatic carboxylic acids is 1. The van der Waals surface area contributed by atoms with Gasteiger partial charge in [0.25, 0.3) is 5.91 Å². The molecule has 7 N–H and O–H groups in total. The van der Waals surface area contributed by atoms with Gasteiger partial charge in [-0.2, -0.15) is 18.5 Å². The van der Waals surface area contributed by atoms with E-state index in [0.717, 1.165) is 52.6 Å². The molecule has 0 radical (unpaired) electrons. The number of nitrogens with one attached hydrogen (secondary N) is 3. The van der Waals surface area contributed by atoms with E-state index in [1.54, 1.807) is 18.3 Å². The molecule has 2 fully saturated rings. The summed E-state index contributed by atoms with van der Waals surface area (Å²) in [6.07, 6.45) is 0.0764. The SMILES string of the molecule is CN(O[C@@H](COc1ccc2c(NCC3CNC3)nccc2c1)C(=O)O)C(C(=O)N[C@@H]1C(=O)N(OS(=O)(=O)O)C1(C)C)c1csc(N)n1. The van der Waals surface area contributed by atoms with Gasteiger partial charge in [0.15, 0.2) is 11.2 Å². The smallest absolute Gasteiger partial charge is 0.418 e. The molecule has 3 aromatic rings. The molecule has 1 aromatic carbocycles. The fraction of sp³-hybridized carbons (Fsp3) is 0.444. The fourth-order valence-corrected chi connectivity index (χ4v) is 6.09. The molecule has 4 heterocycles. The number of β-lactam (4-membered cyclic amide) rings is 1. The lowest BCUT2D eigenvalue weighted by Gasteiger charge is -2.51. The highest BCUT2D eigenvalue weighted by atomic mass is 32.3. The summed E-state index contributed by atoms with van der Waals surface area (Å²) in [6, 6.07) is 4.37. The third kappa shape index (κ3) is 7.70. The Balaban J connectivity index is 1.26. The zero-order valence-electron chi connectivity index (χ0n) is 25.4. The van der Waals surface area contributed by atoms with Crippen LogP contribution in [0.1, 0.15) is 25.6 Å². The lowest BCUT2D eigenvalue weighted by atomic mass is 9.84. The van der Waals surface area contributed by atoms with Crippen LogP contribution < -0.4 is 26.4 Å². The molecule has 20 heteroatoms. The number of anilines is 2. The van der Waals surface area contributed by atoms with E-state index in [2.05, 4.69) is 30.2 Å². The second-order valence-electron chi connectivity index (χ2n) is 11.5. The van der Waals surface area contributed by atoms with Gasteiger partial charge >= 0.3 is 16.4 Å². The highest BCUT2D eigenvalue weighted by Crippen LogP contribution is 2.34. The lowest BCUT2D eigenvalue weighted by molar-refractivity contribution is -0.227. The van der Waals surface area contributed by atoms with Crippen molar-refractivity contribution in [2.45, 2.75) is 37.6 Å². The minimum absolute atomic E-state index is 0.0919. The number of amides is 2. The standard InChI is InChI=1S/C27H34N8O10S2/c1-27(2)21(24(37)35(27)45-47(40,41)42)33-23(36)20(18-13-46-26(28)32-18)34(3)44-19(25(38)39)12-43-16-4-5-17-15(8-16)6-7-30-22(17)31-11-14-9-29-10-14/h4-8,13-14,19-21,29H,9-12H2,1-3H3,(H2,28,32)(H,30,31)(H,33,36)(H,38,39)(H,40,41,42)/t19-,20?,21+/m0/s1. The zero-order chi connectivity index (χ0) is 34.1. The summed E-state index contributed by atoms with van der Waals surface area (Å²) in [5.74, 6) is -1.55. The van der Waals surface area contributed by atoms with Gasteiger partial charge < -0.3 is 31.5 Å². The van der Waals surface area contributed by atoms with Gasteiger partial charge in [0.2, 0.25) is 12.0 Å². The van der Waals surface area contributed by atoms with Crippen molar-refractivity contribution in [2.75, 3.05) is 44.3 Å². The van der Waals surface area contributed by atoms with Crippen LogP contribution >= 0.6 is 11.3 Å². The van der Waals surface area contributed by atoms with Crippen LogP contribution in [0, 0.1) is 5.92 Å². The summed E-state index contributed by atoms with van der Waals surface area (Å²) >= 11 is 1.02. The normalized spacial score (nSPS) is 19.1. The number of nitrogen functional groups attached to an aromatic ring is 1. The van der Waals surface area contributed by atoms with Gasteiger partial charge in [0.05, 0.1) is 11.2 Å². The highest BCUT2D eigenvalue weighted by molar-refractivity contribution is 7.80. The number of carbonyl (C=O) groups excluding carboxylic acids is 2. The van der Waals surface area contributed by atoms with Crippen molar-refractivity contribution in [1.82, 2.24) is 30.7 Å². The highest BCUT2D eigenvalue weighted by Gasteiger charge is 2.58. The number of nitrogens with two attached hydrogens (primary N) is 1. The van der Waals surface area contributed by atoms with Crippen molar-refractivity contribution in [3.05, 3.63) is 41.5 Å². The first-order chi connectivity index (χ1) is 22.1. The topological polar surface area (TPSA) is 248 Å². The number of ether oxygens (including phenoxy) is 1. The van der Waals surface area contributed by atoms with Crippen molar-refractivity contribution < 1.29 is 46.3 Å². The van der Waals surface area contributed by atoms with Gasteiger partial charge in [-0.3, -0.25) is 19.0 Å². The first-order valence-electron chi connectivity index (χ1n) is 14.2. The summed E-state index contributed by atoms with van der Waals surface area (Å²) in [5.41, 5.74) is 4.48. The van der Waals surface area contributed by atoms with Crippen molar-refractivity contribution in [2.24, 2.45) is 5.92 Å². The number of hydrogen-bond donors (Lipinski definition) is 6. The Hall–Kier alpha value is -4.18. The molecular formula is C27H34N8O10S2. The molecule has 5 rings (SSSR count). The Morgan fingerprint density at radius 1 is 1.30 bits per heavy atom. The Labute approximate surface area is 273 Å². The van der Waals surface area contributed by atoms with Gasteiger partial charge in [-0.1, -0.05) is 0 Å². The molecule has 2 aliphatic heterocycles. The molecule has 18 nitrogen and oxygen atoms in total. The average molecular weight is 695 g/mol. The van der Waals surface area contributed by atoms with E-state index in [-0.39, 0.29) is 10.8 Å². The number of fused-ring (bicyclic) bond motifs is 1. The number of carboxylic acids is 1. The molecule has 2 aliphatic rings. The van der Waals surface area contributed by atoms with Gasteiger partial charge in [-0.15, -0.1) is 15.6 Å². The van der Waals surface area contributed by atoms with E-state index < -0.39 is 58.5 Å². The molecule has 254 valence electrons. The number of hydrogen-bond acceptors (Lipinski definition) is 15.